The molecule has 0 aliphatic rings. The second-order valence-corrected chi connectivity index (χ2v) is 6.27. The maximum atomic E-state index is 11.1. The minimum Gasteiger partial charge on any atom is -0.366 e. The van der Waals surface area contributed by atoms with Gasteiger partial charge in [0.1, 0.15) is 15.7 Å². The van der Waals surface area contributed by atoms with Crippen LogP contribution < -0.4 is 5.32 Å². The van der Waals surface area contributed by atoms with Crippen LogP contribution in [0.4, 0.5) is 5.82 Å². The van der Waals surface area contributed by atoms with E-state index in [2.05, 4.69) is 15.4 Å². The summed E-state index contributed by atoms with van der Waals surface area (Å²) >= 11 is 0. The largest absolute Gasteiger partial charge is 0.366 e. The van der Waals surface area contributed by atoms with E-state index in [1.807, 2.05) is 6.92 Å². The van der Waals surface area contributed by atoms with Crippen LogP contribution in [0.25, 0.3) is 5.65 Å². The number of sulfone groups is 1. The number of nitrogens with one attached hydrogen (secondary N) is 1. The highest BCUT2D eigenvalue weighted by Gasteiger charge is 2.10. The van der Waals surface area contributed by atoms with Gasteiger partial charge in [0.25, 0.3) is 0 Å². The summed E-state index contributed by atoms with van der Waals surface area (Å²) in [6.45, 7) is 1.81. The lowest BCUT2D eigenvalue weighted by Gasteiger charge is -2.13. The standard InChI is InChI=1S/C10H14N4O2S/c1-8(7-17(2,15)16)12-9-4-6-14-10(13-9)3-5-11-14/h3-6,8H,7H2,1-2H3,(H,12,13). The van der Waals surface area contributed by atoms with Crippen molar-refractivity contribution >= 4 is 21.3 Å². The molecule has 2 aromatic heterocycles. The number of hydrogen-bond acceptors (Lipinski definition) is 5. The molecule has 2 rings (SSSR count). The monoisotopic (exact) mass is 254 g/mol. The molecule has 0 aromatic carbocycles. The van der Waals surface area contributed by atoms with Crippen molar-refractivity contribution in [2.45, 2.75) is 13.0 Å². The van der Waals surface area contributed by atoms with E-state index in [1.54, 1.807) is 29.0 Å². The summed E-state index contributed by atoms with van der Waals surface area (Å²) < 4.78 is 23.9. The zero-order valence-electron chi connectivity index (χ0n) is 9.66. The SMILES string of the molecule is CC(CS(C)(=O)=O)Nc1ccn2nccc2n1. The van der Waals surface area contributed by atoms with E-state index >= 15 is 0 Å². The molecule has 0 saturated carbocycles. The molecule has 0 fully saturated rings. The van der Waals surface area contributed by atoms with Gasteiger partial charge in [-0.15, -0.1) is 0 Å². The Morgan fingerprint density at radius 2 is 2.24 bits per heavy atom. The molecule has 0 bridgehead atoms. The lowest BCUT2D eigenvalue weighted by molar-refractivity contribution is 0.598. The van der Waals surface area contributed by atoms with Gasteiger partial charge in [0, 0.05) is 24.6 Å². The second kappa shape index (κ2) is 4.33. The molecule has 2 aromatic rings. The molecule has 1 unspecified atom stereocenters. The van der Waals surface area contributed by atoms with Crippen LogP contribution >= 0.6 is 0 Å². The molecule has 1 atom stereocenters. The first-order chi connectivity index (χ1) is 7.94. The predicted octanol–water partition coefficient (Wildman–Crippen LogP) is 0.574. The summed E-state index contributed by atoms with van der Waals surface area (Å²) in [4.78, 5) is 4.30. The first-order valence-electron chi connectivity index (χ1n) is 5.19. The van der Waals surface area contributed by atoms with E-state index in [9.17, 15) is 8.42 Å². The average molecular weight is 254 g/mol. The highest BCUT2D eigenvalue weighted by Crippen LogP contribution is 2.07. The average Bonchev–Trinajstić information content (AvgIpc) is 2.61. The summed E-state index contributed by atoms with van der Waals surface area (Å²) in [5.74, 6) is 0.730. The van der Waals surface area contributed by atoms with Crippen LogP contribution in [-0.2, 0) is 9.84 Å². The van der Waals surface area contributed by atoms with Crippen molar-refractivity contribution in [3.63, 3.8) is 0 Å². The van der Waals surface area contributed by atoms with Crippen molar-refractivity contribution < 1.29 is 8.42 Å². The fourth-order valence-electron chi connectivity index (χ4n) is 1.64. The number of anilines is 1. The highest BCUT2D eigenvalue weighted by molar-refractivity contribution is 7.90. The Morgan fingerprint density at radius 3 is 2.94 bits per heavy atom. The summed E-state index contributed by atoms with van der Waals surface area (Å²) in [7, 11) is -2.98. The first-order valence-corrected chi connectivity index (χ1v) is 7.25. The smallest absolute Gasteiger partial charge is 0.157 e. The molecule has 7 heteroatoms. The van der Waals surface area contributed by atoms with Gasteiger partial charge in [-0.1, -0.05) is 0 Å². The van der Waals surface area contributed by atoms with Gasteiger partial charge < -0.3 is 5.32 Å². The molecule has 0 saturated heterocycles. The zero-order valence-corrected chi connectivity index (χ0v) is 10.5. The van der Waals surface area contributed by atoms with Crippen LogP contribution in [0.5, 0.6) is 0 Å². The Hall–Kier alpha value is -1.63. The fraction of sp³-hybridized carbons (Fsp3) is 0.400. The van der Waals surface area contributed by atoms with Crippen molar-refractivity contribution in [3.05, 3.63) is 24.5 Å². The number of aromatic nitrogens is 3. The van der Waals surface area contributed by atoms with Crippen molar-refractivity contribution in [2.75, 3.05) is 17.3 Å². The summed E-state index contributed by atoms with van der Waals surface area (Å²) in [5, 5.41) is 7.08. The Morgan fingerprint density at radius 1 is 1.47 bits per heavy atom. The minimum absolute atomic E-state index is 0.0825. The zero-order chi connectivity index (χ0) is 12.5. The maximum Gasteiger partial charge on any atom is 0.157 e. The van der Waals surface area contributed by atoms with Crippen molar-refractivity contribution in [1.82, 2.24) is 14.6 Å². The summed E-state index contributed by atoms with van der Waals surface area (Å²) in [5.41, 5.74) is 0.724. The quantitative estimate of drug-likeness (QED) is 0.863. The van der Waals surface area contributed by atoms with Crippen LogP contribution in [0, 0.1) is 0 Å². The van der Waals surface area contributed by atoms with Crippen LogP contribution in [0.1, 0.15) is 6.92 Å². The van der Waals surface area contributed by atoms with Gasteiger partial charge in [-0.2, -0.15) is 5.10 Å². The van der Waals surface area contributed by atoms with Crippen LogP contribution in [0.3, 0.4) is 0 Å². The third kappa shape index (κ3) is 3.16. The molecule has 0 aliphatic carbocycles. The minimum atomic E-state index is -2.98. The Balaban J connectivity index is 2.12. The second-order valence-electron chi connectivity index (χ2n) is 4.08. The van der Waals surface area contributed by atoms with Crippen molar-refractivity contribution in [2.24, 2.45) is 0 Å². The van der Waals surface area contributed by atoms with Gasteiger partial charge in [-0.3, -0.25) is 0 Å². The normalized spacial score (nSPS) is 13.8. The molecular formula is C10H14N4O2S. The van der Waals surface area contributed by atoms with E-state index in [0.29, 0.717) is 5.82 Å². The predicted molar refractivity (Wildman–Crippen MR) is 65.8 cm³/mol. The number of fused-ring (bicyclic) bond motifs is 1. The van der Waals surface area contributed by atoms with Crippen molar-refractivity contribution in [3.8, 4) is 0 Å². The first kappa shape index (κ1) is 11.8. The molecule has 92 valence electrons. The lowest BCUT2D eigenvalue weighted by Crippen LogP contribution is -2.25. The number of nitrogens with zero attached hydrogens (tertiary/aromatic N) is 3. The fourth-order valence-corrected chi connectivity index (χ4v) is 2.63. The van der Waals surface area contributed by atoms with E-state index in [1.165, 1.54) is 6.26 Å². The van der Waals surface area contributed by atoms with Crippen LogP contribution in [0.2, 0.25) is 0 Å². The van der Waals surface area contributed by atoms with E-state index in [-0.39, 0.29) is 11.8 Å². The summed E-state index contributed by atoms with van der Waals surface area (Å²) in [6, 6.07) is 3.37. The van der Waals surface area contributed by atoms with Gasteiger partial charge in [0.05, 0.1) is 11.9 Å². The highest BCUT2D eigenvalue weighted by atomic mass is 32.2. The molecule has 0 radical (unpaired) electrons. The van der Waals surface area contributed by atoms with Gasteiger partial charge in [-0.05, 0) is 13.0 Å². The molecule has 6 nitrogen and oxygen atoms in total. The number of rotatable bonds is 4. The Bertz CT molecular complexity index is 620. The molecule has 2 heterocycles. The Labute approximate surface area is 99.6 Å². The molecule has 0 aliphatic heterocycles. The van der Waals surface area contributed by atoms with E-state index < -0.39 is 9.84 Å². The topological polar surface area (TPSA) is 76.4 Å². The molecule has 0 spiro atoms. The van der Waals surface area contributed by atoms with E-state index in [4.69, 9.17) is 0 Å². The van der Waals surface area contributed by atoms with Crippen LogP contribution in [0.15, 0.2) is 24.5 Å². The van der Waals surface area contributed by atoms with Crippen molar-refractivity contribution in [1.29, 1.82) is 0 Å². The molecule has 17 heavy (non-hydrogen) atoms. The third-order valence-corrected chi connectivity index (χ3v) is 3.31. The Kier molecular flexibility index (Phi) is 3.01. The van der Waals surface area contributed by atoms with Gasteiger partial charge in [-0.25, -0.2) is 17.9 Å². The molecule has 0 amide bonds. The number of hydrogen-bond donors (Lipinski definition) is 1. The van der Waals surface area contributed by atoms with Gasteiger partial charge >= 0.3 is 0 Å². The van der Waals surface area contributed by atoms with Gasteiger partial charge in [0.15, 0.2) is 5.65 Å². The summed E-state index contributed by atoms with van der Waals surface area (Å²) in [6.07, 6.45) is 4.66. The van der Waals surface area contributed by atoms with E-state index in [0.717, 1.165) is 5.65 Å². The molecular weight excluding hydrogens is 240 g/mol. The lowest BCUT2D eigenvalue weighted by atomic mass is 10.4. The maximum absolute atomic E-state index is 11.1. The van der Waals surface area contributed by atoms with Gasteiger partial charge in [0.2, 0.25) is 0 Å². The van der Waals surface area contributed by atoms with Crippen LogP contribution in [-0.4, -0.2) is 41.1 Å². The third-order valence-electron chi connectivity index (χ3n) is 2.21. The molecule has 1 N–H and O–H groups in total.